The summed E-state index contributed by atoms with van der Waals surface area (Å²) in [5.74, 6) is 1.07. The molecule has 0 bridgehead atoms. The van der Waals surface area contributed by atoms with Gasteiger partial charge in [-0.3, -0.25) is 0 Å². The smallest absolute Gasteiger partial charge is 0.134 e. The van der Waals surface area contributed by atoms with Gasteiger partial charge in [-0.1, -0.05) is 18.2 Å². The number of rotatable bonds is 4. The number of hydrogen-bond acceptors (Lipinski definition) is 2. The molecule has 1 N–H and O–H groups in total. The molecule has 2 heteroatoms. The topological polar surface area (TPSA) is 25.2 Å². The third kappa shape index (κ3) is 1.85. The fraction of sp³-hybridized carbons (Fsp3) is 0.429. The van der Waals surface area contributed by atoms with Gasteiger partial charge in [-0.15, -0.1) is 0 Å². The number of hydrogen-bond donors (Lipinski definition) is 1. The molecule has 0 unspecified atom stereocenters. The summed E-state index contributed by atoms with van der Waals surface area (Å²) >= 11 is 0. The third-order valence-corrected chi connectivity index (χ3v) is 3.29. The molecule has 1 fully saturated rings. The Morgan fingerprint density at radius 3 is 2.94 bits per heavy atom. The van der Waals surface area contributed by atoms with Crippen molar-refractivity contribution in [1.82, 2.24) is 5.32 Å². The molecule has 0 spiro atoms. The van der Waals surface area contributed by atoms with Crippen molar-refractivity contribution in [3.05, 3.63) is 35.6 Å². The summed E-state index contributed by atoms with van der Waals surface area (Å²) in [5, 5.41) is 4.82. The van der Waals surface area contributed by atoms with Crippen LogP contribution in [0.15, 0.2) is 28.7 Å². The predicted octanol–water partition coefficient (Wildman–Crippen LogP) is 3.04. The molecular formula is C14H17NO. The van der Waals surface area contributed by atoms with E-state index in [2.05, 4.69) is 24.4 Å². The maximum Gasteiger partial charge on any atom is 0.134 e. The first-order valence-corrected chi connectivity index (χ1v) is 6.05. The van der Waals surface area contributed by atoms with E-state index in [0.29, 0.717) is 0 Å². The van der Waals surface area contributed by atoms with Gasteiger partial charge in [-0.05, 0) is 38.8 Å². The van der Waals surface area contributed by atoms with Crippen molar-refractivity contribution < 1.29 is 4.42 Å². The van der Waals surface area contributed by atoms with Crippen molar-refractivity contribution >= 4 is 11.0 Å². The van der Waals surface area contributed by atoms with Crippen LogP contribution in [0.3, 0.4) is 0 Å². The molecule has 0 amide bonds. The summed E-state index contributed by atoms with van der Waals surface area (Å²) in [5.41, 5.74) is 2.38. The zero-order chi connectivity index (χ0) is 11.0. The number of aryl methyl sites for hydroxylation is 1. The van der Waals surface area contributed by atoms with E-state index < -0.39 is 0 Å². The van der Waals surface area contributed by atoms with Crippen LogP contribution < -0.4 is 5.32 Å². The zero-order valence-corrected chi connectivity index (χ0v) is 9.62. The van der Waals surface area contributed by atoms with E-state index in [9.17, 15) is 0 Å². The molecule has 0 radical (unpaired) electrons. The first-order chi connectivity index (χ1) is 7.84. The van der Waals surface area contributed by atoms with Crippen LogP contribution in [-0.2, 0) is 6.42 Å². The second-order valence-electron chi connectivity index (χ2n) is 4.61. The fourth-order valence-electron chi connectivity index (χ4n) is 2.22. The van der Waals surface area contributed by atoms with E-state index in [-0.39, 0.29) is 0 Å². The molecular weight excluding hydrogens is 198 g/mol. The van der Waals surface area contributed by atoms with Crippen molar-refractivity contribution in [3.8, 4) is 0 Å². The Morgan fingerprint density at radius 1 is 1.31 bits per heavy atom. The Morgan fingerprint density at radius 2 is 2.12 bits per heavy atom. The van der Waals surface area contributed by atoms with Gasteiger partial charge in [-0.2, -0.15) is 0 Å². The SMILES string of the molecule is Cc1oc2ccccc2c1CCNC1CC1. The molecule has 1 saturated carbocycles. The summed E-state index contributed by atoms with van der Waals surface area (Å²) in [6, 6.07) is 9.09. The normalized spacial score (nSPS) is 15.8. The molecule has 1 heterocycles. The standard InChI is InChI=1S/C14H17NO/c1-10-12(8-9-15-11-6-7-11)13-4-2-3-5-14(13)16-10/h2-5,11,15H,6-9H2,1H3. The predicted molar refractivity (Wildman–Crippen MR) is 65.7 cm³/mol. The largest absolute Gasteiger partial charge is 0.461 e. The molecule has 1 aromatic heterocycles. The molecule has 1 aliphatic carbocycles. The average molecular weight is 215 g/mol. The molecule has 1 aromatic carbocycles. The molecule has 2 aromatic rings. The summed E-state index contributed by atoms with van der Waals surface area (Å²) in [7, 11) is 0. The molecule has 2 nitrogen and oxygen atoms in total. The molecule has 0 aliphatic heterocycles. The lowest BCUT2D eigenvalue weighted by molar-refractivity contribution is 0.568. The van der Waals surface area contributed by atoms with Gasteiger partial charge in [0.15, 0.2) is 0 Å². The van der Waals surface area contributed by atoms with Gasteiger partial charge in [0.2, 0.25) is 0 Å². The molecule has 1 aliphatic rings. The van der Waals surface area contributed by atoms with E-state index in [1.165, 1.54) is 23.8 Å². The molecule has 3 rings (SSSR count). The first-order valence-electron chi connectivity index (χ1n) is 6.05. The Hall–Kier alpha value is -1.28. The van der Waals surface area contributed by atoms with Crippen LogP contribution in [0.25, 0.3) is 11.0 Å². The van der Waals surface area contributed by atoms with E-state index >= 15 is 0 Å². The van der Waals surface area contributed by atoms with Crippen molar-refractivity contribution in [2.75, 3.05) is 6.54 Å². The highest BCUT2D eigenvalue weighted by molar-refractivity contribution is 5.82. The second kappa shape index (κ2) is 3.95. The van der Waals surface area contributed by atoms with Gasteiger partial charge in [0.1, 0.15) is 11.3 Å². The van der Waals surface area contributed by atoms with Crippen LogP contribution in [0.1, 0.15) is 24.2 Å². The van der Waals surface area contributed by atoms with Crippen molar-refractivity contribution in [3.63, 3.8) is 0 Å². The van der Waals surface area contributed by atoms with Crippen LogP contribution >= 0.6 is 0 Å². The highest BCUT2D eigenvalue weighted by Gasteiger charge is 2.20. The summed E-state index contributed by atoms with van der Waals surface area (Å²) < 4.78 is 5.74. The van der Waals surface area contributed by atoms with Gasteiger partial charge in [0.25, 0.3) is 0 Å². The fourth-order valence-corrected chi connectivity index (χ4v) is 2.22. The number of benzene rings is 1. The quantitative estimate of drug-likeness (QED) is 0.848. The van der Waals surface area contributed by atoms with Crippen LogP contribution in [0.5, 0.6) is 0 Å². The van der Waals surface area contributed by atoms with Crippen LogP contribution in [0, 0.1) is 6.92 Å². The average Bonchev–Trinajstić information content (AvgIpc) is 3.04. The van der Waals surface area contributed by atoms with Gasteiger partial charge < -0.3 is 9.73 Å². The number of furan rings is 1. The first kappa shape index (κ1) is 9.91. The minimum atomic E-state index is 0.790. The molecule has 0 atom stereocenters. The Bertz CT molecular complexity index is 496. The monoisotopic (exact) mass is 215 g/mol. The van der Waals surface area contributed by atoms with E-state index in [1.54, 1.807) is 0 Å². The highest BCUT2D eigenvalue weighted by Crippen LogP contribution is 2.25. The molecule has 0 saturated heterocycles. The number of para-hydroxylation sites is 1. The van der Waals surface area contributed by atoms with Crippen LogP contribution in [0.4, 0.5) is 0 Å². The van der Waals surface area contributed by atoms with Gasteiger partial charge in [-0.25, -0.2) is 0 Å². The Labute approximate surface area is 95.6 Å². The lowest BCUT2D eigenvalue weighted by Crippen LogP contribution is -2.19. The van der Waals surface area contributed by atoms with Crippen molar-refractivity contribution in [2.45, 2.75) is 32.2 Å². The minimum Gasteiger partial charge on any atom is -0.461 e. The van der Waals surface area contributed by atoms with Gasteiger partial charge >= 0.3 is 0 Å². The van der Waals surface area contributed by atoms with Gasteiger partial charge in [0, 0.05) is 17.0 Å². The second-order valence-corrected chi connectivity index (χ2v) is 4.61. The van der Waals surface area contributed by atoms with Crippen molar-refractivity contribution in [2.24, 2.45) is 0 Å². The Kier molecular flexibility index (Phi) is 2.44. The summed E-state index contributed by atoms with van der Waals surface area (Å²) in [4.78, 5) is 0. The number of fused-ring (bicyclic) bond motifs is 1. The summed E-state index contributed by atoms with van der Waals surface area (Å²) in [6.07, 6.45) is 3.77. The number of nitrogens with one attached hydrogen (secondary N) is 1. The molecule has 84 valence electrons. The molecule has 16 heavy (non-hydrogen) atoms. The minimum absolute atomic E-state index is 0.790. The Balaban J connectivity index is 1.80. The maximum absolute atomic E-state index is 5.74. The third-order valence-electron chi connectivity index (χ3n) is 3.29. The van der Waals surface area contributed by atoms with E-state index in [4.69, 9.17) is 4.42 Å². The lowest BCUT2D eigenvalue weighted by Gasteiger charge is -2.02. The van der Waals surface area contributed by atoms with Crippen LogP contribution in [-0.4, -0.2) is 12.6 Å². The maximum atomic E-state index is 5.74. The van der Waals surface area contributed by atoms with Gasteiger partial charge in [0.05, 0.1) is 0 Å². The summed E-state index contributed by atoms with van der Waals surface area (Å²) in [6.45, 7) is 3.13. The van der Waals surface area contributed by atoms with Crippen molar-refractivity contribution in [1.29, 1.82) is 0 Å². The van der Waals surface area contributed by atoms with E-state index in [1.807, 2.05) is 12.1 Å². The van der Waals surface area contributed by atoms with E-state index in [0.717, 1.165) is 30.4 Å². The lowest BCUT2D eigenvalue weighted by atomic mass is 10.1. The zero-order valence-electron chi connectivity index (χ0n) is 9.62. The highest BCUT2D eigenvalue weighted by atomic mass is 16.3. The van der Waals surface area contributed by atoms with Crippen LogP contribution in [0.2, 0.25) is 0 Å².